The Bertz CT molecular complexity index is 516. The number of hydrogen-bond donors (Lipinski definition) is 0. The molecule has 0 aliphatic carbocycles. The van der Waals surface area contributed by atoms with E-state index in [1.165, 1.54) is 6.92 Å². The van der Waals surface area contributed by atoms with Crippen LogP contribution in [0, 0.1) is 22.0 Å². The van der Waals surface area contributed by atoms with Gasteiger partial charge in [0.1, 0.15) is 5.78 Å². The fraction of sp³-hybridized carbons (Fsp3) is 0.789. The van der Waals surface area contributed by atoms with Crippen LogP contribution in [0.5, 0.6) is 0 Å². The van der Waals surface area contributed by atoms with Crippen LogP contribution in [0.2, 0.25) is 0 Å². The third-order valence-electron chi connectivity index (χ3n) is 5.45. The van der Waals surface area contributed by atoms with Crippen LogP contribution in [-0.2, 0) is 9.59 Å². The molecular weight excluding hydrogens is 320 g/mol. The average molecular weight is 352 g/mol. The van der Waals surface area contributed by atoms with Crippen molar-refractivity contribution >= 4 is 11.7 Å². The minimum absolute atomic E-state index is 0.0305. The number of piperidine rings is 1. The van der Waals surface area contributed by atoms with Gasteiger partial charge in [0.05, 0.1) is 5.92 Å². The third kappa shape index (κ3) is 5.13. The van der Waals surface area contributed by atoms with Crippen molar-refractivity contribution in [1.82, 2.24) is 4.90 Å². The number of carbonyl (C=O) groups is 2. The van der Waals surface area contributed by atoms with Crippen molar-refractivity contribution in [1.29, 1.82) is 0 Å². The lowest BCUT2D eigenvalue weighted by atomic mass is 9.69. The molecule has 1 aliphatic rings. The van der Waals surface area contributed by atoms with Crippen molar-refractivity contribution in [3.63, 3.8) is 0 Å². The predicted octanol–water partition coefficient (Wildman–Crippen LogP) is 3.62. The lowest BCUT2D eigenvalue weighted by Crippen LogP contribution is -2.58. The van der Waals surface area contributed by atoms with Crippen molar-refractivity contribution in [2.75, 3.05) is 6.54 Å². The van der Waals surface area contributed by atoms with E-state index in [0.29, 0.717) is 25.8 Å². The summed E-state index contributed by atoms with van der Waals surface area (Å²) in [5, 5.41) is 11.6. The molecule has 6 nitrogen and oxygen atoms in total. The molecule has 0 aromatic rings. The standard InChI is InChI=1S/C19H32N2O4/c1-6-8-10-15-13-17(19(4,5)21(24)25)16(9-7-2)18(23)20(15)12-11-14(3)22/h7,15-17H,2,6,8-13H2,1,3-5H3/t15-,16+,17-/m1/s1. The Kier molecular flexibility index (Phi) is 7.77. The summed E-state index contributed by atoms with van der Waals surface area (Å²) in [6.45, 7) is 11.0. The van der Waals surface area contributed by atoms with Gasteiger partial charge in [-0.1, -0.05) is 25.8 Å². The number of rotatable bonds is 10. The maximum Gasteiger partial charge on any atom is 0.226 e. The lowest BCUT2D eigenvalue weighted by Gasteiger charge is -2.46. The molecule has 0 radical (unpaired) electrons. The maximum absolute atomic E-state index is 13.1. The number of amides is 1. The molecule has 1 aliphatic heterocycles. The van der Waals surface area contributed by atoms with Gasteiger partial charge in [0, 0.05) is 43.7 Å². The van der Waals surface area contributed by atoms with Crippen LogP contribution in [-0.4, -0.2) is 39.6 Å². The second kappa shape index (κ2) is 9.11. The largest absolute Gasteiger partial charge is 0.339 e. The van der Waals surface area contributed by atoms with Crippen LogP contribution >= 0.6 is 0 Å². The molecule has 1 fully saturated rings. The summed E-state index contributed by atoms with van der Waals surface area (Å²) in [5.41, 5.74) is -1.17. The van der Waals surface area contributed by atoms with E-state index in [2.05, 4.69) is 13.5 Å². The summed E-state index contributed by atoms with van der Waals surface area (Å²) in [4.78, 5) is 37.7. The zero-order valence-corrected chi connectivity index (χ0v) is 16.0. The number of nitrogens with zero attached hydrogens (tertiary/aromatic N) is 2. The molecule has 0 spiro atoms. The normalized spacial score (nSPS) is 24.2. The van der Waals surface area contributed by atoms with E-state index >= 15 is 0 Å². The summed E-state index contributed by atoms with van der Waals surface area (Å²) in [6, 6.07) is -0.0305. The molecule has 1 saturated heterocycles. The highest BCUT2D eigenvalue weighted by Crippen LogP contribution is 2.41. The number of carbonyl (C=O) groups excluding carboxylic acids is 2. The van der Waals surface area contributed by atoms with E-state index < -0.39 is 11.5 Å². The Morgan fingerprint density at radius 3 is 2.60 bits per heavy atom. The van der Waals surface area contributed by atoms with Crippen LogP contribution in [0.3, 0.4) is 0 Å². The van der Waals surface area contributed by atoms with Crippen LogP contribution in [0.1, 0.15) is 66.2 Å². The SMILES string of the molecule is C=CC[C@@H]1C(=O)N(CCC(C)=O)[C@H](CCCC)C[C@H]1C(C)(C)[N+](=O)[O-]. The highest BCUT2D eigenvalue weighted by Gasteiger charge is 2.52. The number of unbranched alkanes of at least 4 members (excludes halogenated alkanes) is 1. The number of ketones is 1. The lowest BCUT2D eigenvalue weighted by molar-refractivity contribution is -0.574. The van der Waals surface area contributed by atoms with Crippen LogP contribution in [0.25, 0.3) is 0 Å². The van der Waals surface area contributed by atoms with Crippen molar-refractivity contribution < 1.29 is 14.5 Å². The van der Waals surface area contributed by atoms with E-state index in [9.17, 15) is 19.7 Å². The molecule has 1 amide bonds. The Morgan fingerprint density at radius 1 is 1.48 bits per heavy atom. The number of hydrogen-bond acceptors (Lipinski definition) is 4. The summed E-state index contributed by atoms with van der Waals surface area (Å²) in [7, 11) is 0. The van der Waals surface area contributed by atoms with E-state index in [-0.39, 0.29) is 28.6 Å². The van der Waals surface area contributed by atoms with Crippen molar-refractivity contribution in [2.45, 2.75) is 77.8 Å². The predicted molar refractivity (Wildman–Crippen MR) is 97.8 cm³/mol. The van der Waals surface area contributed by atoms with Gasteiger partial charge in [-0.25, -0.2) is 0 Å². The zero-order valence-electron chi connectivity index (χ0n) is 16.0. The maximum atomic E-state index is 13.1. The van der Waals surface area contributed by atoms with Crippen LogP contribution in [0.4, 0.5) is 0 Å². The first-order valence-corrected chi connectivity index (χ1v) is 9.22. The highest BCUT2D eigenvalue weighted by atomic mass is 16.6. The number of nitro groups is 1. The average Bonchev–Trinajstić information content (AvgIpc) is 2.53. The quantitative estimate of drug-likeness (QED) is 0.342. The van der Waals surface area contributed by atoms with E-state index in [0.717, 1.165) is 19.3 Å². The van der Waals surface area contributed by atoms with Gasteiger partial charge in [0.15, 0.2) is 0 Å². The van der Waals surface area contributed by atoms with Gasteiger partial charge in [0.25, 0.3) is 0 Å². The third-order valence-corrected chi connectivity index (χ3v) is 5.45. The van der Waals surface area contributed by atoms with E-state index in [1.54, 1.807) is 24.8 Å². The van der Waals surface area contributed by atoms with Crippen molar-refractivity contribution in [3.8, 4) is 0 Å². The first-order valence-electron chi connectivity index (χ1n) is 9.22. The summed E-state index contributed by atoms with van der Waals surface area (Å²) in [5.74, 6) is -0.783. The van der Waals surface area contributed by atoms with Gasteiger partial charge < -0.3 is 4.90 Å². The molecular formula is C19H32N2O4. The Labute approximate surface area is 150 Å². The van der Waals surface area contributed by atoms with E-state index in [4.69, 9.17) is 0 Å². The monoisotopic (exact) mass is 352 g/mol. The second-order valence-electron chi connectivity index (χ2n) is 7.66. The summed E-state index contributed by atoms with van der Waals surface area (Å²) < 4.78 is 0. The first kappa shape index (κ1) is 21.3. The zero-order chi connectivity index (χ0) is 19.2. The highest BCUT2D eigenvalue weighted by molar-refractivity contribution is 5.82. The molecule has 1 rings (SSSR count). The van der Waals surface area contributed by atoms with Gasteiger partial charge in [-0.15, -0.1) is 6.58 Å². The minimum atomic E-state index is -1.17. The molecule has 0 saturated carbocycles. The number of Topliss-reactive ketones (excluding diaryl/α,β-unsaturated/α-hetero) is 1. The van der Waals surface area contributed by atoms with E-state index in [1.807, 2.05) is 0 Å². The molecule has 0 bridgehead atoms. The number of allylic oxidation sites excluding steroid dienone is 1. The van der Waals surface area contributed by atoms with Crippen molar-refractivity contribution in [3.05, 3.63) is 22.8 Å². The minimum Gasteiger partial charge on any atom is -0.339 e. The fourth-order valence-corrected chi connectivity index (χ4v) is 3.79. The smallest absolute Gasteiger partial charge is 0.226 e. The molecule has 0 unspecified atom stereocenters. The summed E-state index contributed by atoms with van der Waals surface area (Å²) >= 11 is 0. The van der Waals surface area contributed by atoms with Gasteiger partial charge >= 0.3 is 0 Å². The second-order valence-corrected chi connectivity index (χ2v) is 7.66. The van der Waals surface area contributed by atoms with Crippen molar-refractivity contribution in [2.24, 2.45) is 11.8 Å². The molecule has 25 heavy (non-hydrogen) atoms. The Morgan fingerprint density at radius 2 is 2.12 bits per heavy atom. The Balaban J connectivity index is 3.16. The molecule has 0 aromatic carbocycles. The molecule has 0 aromatic heterocycles. The molecule has 6 heteroatoms. The van der Waals surface area contributed by atoms with Gasteiger partial charge in [0.2, 0.25) is 11.4 Å². The molecule has 1 heterocycles. The molecule has 0 N–H and O–H groups in total. The molecule has 3 atom stereocenters. The van der Waals surface area contributed by atoms with Crippen LogP contribution < -0.4 is 0 Å². The first-order chi connectivity index (χ1) is 11.7. The fourth-order valence-electron chi connectivity index (χ4n) is 3.79. The summed E-state index contributed by atoms with van der Waals surface area (Å²) in [6.07, 6.45) is 5.83. The van der Waals surface area contributed by atoms with Crippen LogP contribution in [0.15, 0.2) is 12.7 Å². The molecule has 142 valence electrons. The Hall–Kier alpha value is -1.72. The topological polar surface area (TPSA) is 80.5 Å². The van der Waals surface area contributed by atoms with Gasteiger partial charge in [-0.3, -0.25) is 19.7 Å². The number of likely N-dealkylation sites (tertiary alicyclic amines) is 1. The van der Waals surface area contributed by atoms with Gasteiger partial charge in [-0.2, -0.15) is 0 Å². The van der Waals surface area contributed by atoms with Gasteiger partial charge in [-0.05, 0) is 26.2 Å².